The van der Waals surface area contributed by atoms with E-state index in [9.17, 15) is 9.90 Å². The molecule has 0 aliphatic rings. The minimum Gasteiger partial charge on any atom is -0.504 e. The third-order valence-corrected chi connectivity index (χ3v) is 5.10. The first-order chi connectivity index (χ1) is 14.6. The number of hydrogen-bond acceptors (Lipinski definition) is 3. The third-order valence-electron chi connectivity index (χ3n) is 5.10. The van der Waals surface area contributed by atoms with Crippen LogP contribution in [0.25, 0.3) is 17.0 Å². The number of carbonyl (C=O) groups excluding carboxylic acids is 1. The van der Waals surface area contributed by atoms with Gasteiger partial charge < -0.3 is 14.4 Å². The molecular weight excluding hydrogens is 374 g/mol. The summed E-state index contributed by atoms with van der Waals surface area (Å²) in [6.45, 7) is 0.760. The third kappa shape index (κ3) is 4.28. The largest absolute Gasteiger partial charge is 0.504 e. The number of phenols is 1. The molecule has 4 rings (SSSR count). The smallest absolute Gasteiger partial charge is 0.160 e. The Hall–Kier alpha value is -3.79. The highest BCUT2D eigenvalue weighted by atomic mass is 16.5. The Morgan fingerprint density at radius 1 is 1.03 bits per heavy atom. The van der Waals surface area contributed by atoms with E-state index in [1.54, 1.807) is 30.4 Å². The average Bonchev–Trinajstić information content (AvgIpc) is 3.17. The average molecular weight is 397 g/mol. The topological polar surface area (TPSA) is 51.5 Å². The van der Waals surface area contributed by atoms with E-state index in [2.05, 4.69) is 35.0 Å². The van der Waals surface area contributed by atoms with Crippen LogP contribution in [0.1, 0.15) is 16.7 Å². The number of ketones is 1. The maximum absolute atomic E-state index is 12.6. The number of benzene rings is 3. The van der Waals surface area contributed by atoms with E-state index < -0.39 is 0 Å². The van der Waals surface area contributed by atoms with Crippen molar-refractivity contribution >= 4 is 22.8 Å². The van der Waals surface area contributed by atoms with E-state index in [0.29, 0.717) is 12.2 Å². The maximum atomic E-state index is 12.6. The van der Waals surface area contributed by atoms with Gasteiger partial charge in [0.1, 0.15) is 0 Å². The fourth-order valence-electron chi connectivity index (χ4n) is 3.64. The normalized spacial score (nSPS) is 11.2. The van der Waals surface area contributed by atoms with Crippen molar-refractivity contribution in [2.75, 3.05) is 7.11 Å². The molecule has 4 nitrogen and oxygen atoms in total. The molecular formula is C26H23NO3. The molecule has 1 N–H and O–H groups in total. The second-order valence-corrected chi connectivity index (χ2v) is 7.19. The number of allylic oxidation sites excluding steroid dienone is 1. The van der Waals surface area contributed by atoms with Gasteiger partial charge in [0.25, 0.3) is 0 Å². The lowest BCUT2D eigenvalue weighted by atomic mass is 10.0. The molecule has 0 aliphatic carbocycles. The summed E-state index contributed by atoms with van der Waals surface area (Å²) in [6, 6.07) is 23.5. The predicted molar refractivity (Wildman–Crippen MR) is 120 cm³/mol. The summed E-state index contributed by atoms with van der Waals surface area (Å²) in [5.74, 6) is 0.463. The van der Waals surface area contributed by atoms with Gasteiger partial charge >= 0.3 is 0 Å². The van der Waals surface area contributed by atoms with Crippen molar-refractivity contribution in [1.82, 2.24) is 4.57 Å². The molecule has 0 radical (unpaired) electrons. The van der Waals surface area contributed by atoms with E-state index in [1.807, 2.05) is 30.3 Å². The minimum atomic E-state index is 0.00488. The van der Waals surface area contributed by atoms with E-state index in [4.69, 9.17) is 4.74 Å². The van der Waals surface area contributed by atoms with Crippen LogP contribution in [0, 0.1) is 0 Å². The Balaban J connectivity index is 1.55. The standard InChI is InChI=1S/C26H23NO3/c1-30-25-13-11-19(16-24(25)29)10-12-23(28)17-22-9-5-8-21-14-15-27(26(21)22)18-20-6-3-2-4-7-20/h2-16,29H,17-18H2,1H3/b12-10+. The van der Waals surface area contributed by atoms with E-state index in [-0.39, 0.29) is 11.5 Å². The summed E-state index contributed by atoms with van der Waals surface area (Å²) >= 11 is 0. The summed E-state index contributed by atoms with van der Waals surface area (Å²) in [5.41, 5.74) is 4.05. The first-order valence-corrected chi connectivity index (χ1v) is 9.82. The van der Waals surface area contributed by atoms with E-state index in [0.717, 1.165) is 28.6 Å². The number of para-hydroxylation sites is 1. The Kier molecular flexibility index (Phi) is 5.66. The fraction of sp³-hybridized carbons (Fsp3) is 0.115. The lowest BCUT2D eigenvalue weighted by Crippen LogP contribution is -2.04. The zero-order valence-corrected chi connectivity index (χ0v) is 16.8. The van der Waals surface area contributed by atoms with Gasteiger partial charge in [-0.1, -0.05) is 60.7 Å². The van der Waals surface area contributed by atoms with Gasteiger partial charge in [-0.15, -0.1) is 0 Å². The number of aromatic hydroxyl groups is 1. The van der Waals surface area contributed by atoms with Crippen LogP contribution < -0.4 is 4.74 Å². The number of carbonyl (C=O) groups is 1. The number of aromatic nitrogens is 1. The van der Waals surface area contributed by atoms with Crippen molar-refractivity contribution in [1.29, 1.82) is 0 Å². The Morgan fingerprint density at radius 2 is 1.87 bits per heavy atom. The molecule has 150 valence electrons. The molecule has 0 saturated heterocycles. The minimum absolute atomic E-state index is 0.00488. The highest BCUT2D eigenvalue weighted by Crippen LogP contribution is 2.27. The molecule has 4 aromatic rings. The van der Waals surface area contributed by atoms with Gasteiger partial charge in [0, 0.05) is 19.2 Å². The molecule has 30 heavy (non-hydrogen) atoms. The second-order valence-electron chi connectivity index (χ2n) is 7.19. The van der Waals surface area contributed by atoms with Gasteiger partial charge in [0.05, 0.1) is 12.6 Å². The molecule has 1 heterocycles. The Labute approximate surface area is 175 Å². The number of hydrogen-bond donors (Lipinski definition) is 1. The number of nitrogens with zero attached hydrogens (tertiary/aromatic N) is 1. The van der Waals surface area contributed by atoms with Crippen LogP contribution in [-0.2, 0) is 17.8 Å². The number of rotatable bonds is 7. The quantitative estimate of drug-likeness (QED) is 0.435. The second kappa shape index (κ2) is 8.70. The highest BCUT2D eigenvalue weighted by Gasteiger charge is 2.10. The van der Waals surface area contributed by atoms with Crippen LogP contribution in [0.2, 0.25) is 0 Å². The number of fused-ring (bicyclic) bond motifs is 1. The monoisotopic (exact) mass is 397 g/mol. The molecule has 4 heteroatoms. The Bertz CT molecular complexity index is 1210. The van der Waals surface area contributed by atoms with Crippen LogP contribution >= 0.6 is 0 Å². The van der Waals surface area contributed by atoms with Crippen molar-refractivity contribution in [3.8, 4) is 11.5 Å². The fourth-order valence-corrected chi connectivity index (χ4v) is 3.64. The van der Waals surface area contributed by atoms with Crippen LogP contribution in [0.3, 0.4) is 0 Å². The molecule has 0 spiro atoms. The lowest BCUT2D eigenvalue weighted by molar-refractivity contribution is -0.113. The molecule has 0 atom stereocenters. The first kappa shape index (κ1) is 19.5. The summed E-state index contributed by atoms with van der Waals surface area (Å²) in [7, 11) is 1.50. The van der Waals surface area contributed by atoms with E-state index >= 15 is 0 Å². The van der Waals surface area contributed by atoms with Gasteiger partial charge in [0.15, 0.2) is 17.3 Å². The molecule has 0 bridgehead atoms. The van der Waals surface area contributed by atoms with Gasteiger partial charge in [-0.25, -0.2) is 0 Å². The van der Waals surface area contributed by atoms with Gasteiger partial charge in [0.2, 0.25) is 0 Å². The van der Waals surface area contributed by atoms with Crippen LogP contribution in [0.4, 0.5) is 0 Å². The maximum Gasteiger partial charge on any atom is 0.160 e. The molecule has 0 aliphatic heterocycles. The van der Waals surface area contributed by atoms with Crippen molar-refractivity contribution in [3.05, 3.63) is 102 Å². The van der Waals surface area contributed by atoms with Crippen LogP contribution in [0.5, 0.6) is 11.5 Å². The zero-order chi connectivity index (χ0) is 20.9. The molecule has 0 unspecified atom stereocenters. The SMILES string of the molecule is COc1ccc(/C=C/C(=O)Cc2cccc3ccn(Cc4ccccc4)c23)cc1O. The van der Waals surface area contributed by atoms with Gasteiger partial charge in [-0.05, 0) is 46.4 Å². The van der Waals surface area contributed by atoms with Crippen molar-refractivity contribution in [2.45, 2.75) is 13.0 Å². The number of methoxy groups -OCH3 is 1. The molecule has 0 saturated carbocycles. The summed E-state index contributed by atoms with van der Waals surface area (Å²) in [4.78, 5) is 12.6. The zero-order valence-electron chi connectivity index (χ0n) is 16.8. The van der Waals surface area contributed by atoms with Crippen molar-refractivity contribution < 1.29 is 14.6 Å². The summed E-state index contributed by atoms with van der Waals surface area (Å²) in [5, 5.41) is 11.0. The Morgan fingerprint density at radius 3 is 2.63 bits per heavy atom. The molecule has 0 fully saturated rings. The number of ether oxygens (including phenoxy) is 1. The van der Waals surface area contributed by atoms with Crippen LogP contribution in [-0.4, -0.2) is 22.6 Å². The predicted octanol–water partition coefficient (Wildman–Crippen LogP) is 5.23. The van der Waals surface area contributed by atoms with E-state index in [1.165, 1.54) is 12.7 Å². The molecule has 1 aromatic heterocycles. The lowest BCUT2D eigenvalue weighted by Gasteiger charge is -2.09. The first-order valence-electron chi connectivity index (χ1n) is 9.82. The number of phenolic OH excluding ortho intramolecular Hbond substituents is 1. The van der Waals surface area contributed by atoms with Gasteiger partial charge in [-0.3, -0.25) is 4.79 Å². The molecule has 3 aromatic carbocycles. The van der Waals surface area contributed by atoms with Crippen molar-refractivity contribution in [2.24, 2.45) is 0 Å². The van der Waals surface area contributed by atoms with Crippen molar-refractivity contribution in [3.63, 3.8) is 0 Å². The highest BCUT2D eigenvalue weighted by molar-refractivity contribution is 5.97. The van der Waals surface area contributed by atoms with Crippen LogP contribution in [0.15, 0.2) is 85.1 Å². The molecule has 0 amide bonds. The summed E-state index contributed by atoms with van der Waals surface area (Å²) in [6.07, 6.45) is 5.66. The van der Waals surface area contributed by atoms with Gasteiger partial charge in [-0.2, -0.15) is 0 Å². The summed E-state index contributed by atoms with van der Waals surface area (Å²) < 4.78 is 7.24.